The lowest BCUT2D eigenvalue weighted by Crippen LogP contribution is -2.23. The third kappa shape index (κ3) is 3.62. The molecule has 29 heavy (non-hydrogen) atoms. The number of nitrogens with one attached hydrogen (secondary N) is 1. The van der Waals surface area contributed by atoms with E-state index in [0.717, 1.165) is 24.8 Å². The van der Waals surface area contributed by atoms with Crippen LogP contribution in [0.2, 0.25) is 0 Å². The maximum atomic E-state index is 14.3. The van der Waals surface area contributed by atoms with Gasteiger partial charge < -0.3 is 10.2 Å². The summed E-state index contributed by atoms with van der Waals surface area (Å²) >= 11 is 0. The van der Waals surface area contributed by atoms with E-state index in [1.54, 1.807) is 37.3 Å². The van der Waals surface area contributed by atoms with Crippen molar-refractivity contribution in [2.45, 2.75) is 32.2 Å². The molecule has 6 heteroatoms. The predicted octanol–water partition coefficient (Wildman–Crippen LogP) is 4.57. The van der Waals surface area contributed by atoms with Gasteiger partial charge in [0.2, 0.25) is 0 Å². The lowest BCUT2D eigenvalue weighted by Gasteiger charge is -2.27. The number of hydrogen-bond donors (Lipinski definition) is 1. The maximum absolute atomic E-state index is 14.3. The van der Waals surface area contributed by atoms with Crippen molar-refractivity contribution in [2.24, 2.45) is 0 Å². The number of amides is 1. The molecular weight excluding hydrogens is 367 g/mol. The number of carbonyl (C=O) groups is 1. The molecule has 0 saturated heterocycles. The second-order valence-electron chi connectivity index (χ2n) is 7.74. The van der Waals surface area contributed by atoms with Gasteiger partial charge in [0.1, 0.15) is 11.6 Å². The van der Waals surface area contributed by atoms with Gasteiger partial charge in [0.05, 0.1) is 17.9 Å². The van der Waals surface area contributed by atoms with Gasteiger partial charge in [-0.25, -0.2) is 9.07 Å². The standard InChI is InChI=1S/C23H25FN4O/c1-15-14-25-28(20-10-6-8-16-7-4-5-9-18(16)20)22(15)26-23(29)17-11-12-21(27(2)3)19(24)13-17/h4-5,7,9,11-14,20H,6,8,10H2,1-3H3,(H,26,29). The Kier molecular flexibility index (Phi) is 5.09. The van der Waals surface area contributed by atoms with Gasteiger partial charge in [-0.05, 0) is 55.5 Å². The second-order valence-corrected chi connectivity index (χ2v) is 7.74. The van der Waals surface area contributed by atoms with E-state index in [1.165, 1.54) is 17.2 Å². The Morgan fingerprint density at radius 1 is 1.24 bits per heavy atom. The lowest BCUT2D eigenvalue weighted by atomic mass is 9.88. The number of anilines is 2. The van der Waals surface area contributed by atoms with Crippen LogP contribution in [0.1, 0.15) is 45.9 Å². The molecular formula is C23H25FN4O. The Bertz CT molecular complexity index is 1060. The largest absolute Gasteiger partial charge is 0.375 e. The SMILES string of the molecule is Cc1cnn(C2CCCc3ccccc32)c1NC(=O)c1ccc(N(C)C)c(F)c1. The molecule has 1 amide bonds. The smallest absolute Gasteiger partial charge is 0.256 e. The minimum atomic E-state index is -0.422. The first-order valence-electron chi connectivity index (χ1n) is 9.86. The van der Waals surface area contributed by atoms with Crippen LogP contribution in [0.25, 0.3) is 0 Å². The summed E-state index contributed by atoms with van der Waals surface area (Å²) in [7, 11) is 3.53. The number of carbonyl (C=O) groups excluding carboxylic acids is 1. The zero-order chi connectivity index (χ0) is 20.5. The molecule has 0 fully saturated rings. The van der Waals surface area contributed by atoms with E-state index in [1.807, 2.05) is 17.7 Å². The molecule has 1 aliphatic rings. The summed E-state index contributed by atoms with van der Waals surface area (Å²) in [5.41, 5.74) is 4.19. The van der Waals surface area contributed by atoms with Gasteiger partial charge in [-0.2, -0.15) is 5.10 Å². The fraction of sp³-hybridized carbons (Fsp3) is 0.304. The van der Waals surface area contributed by atoms with Gasteiger partial charge in [0.15, 0.2) is 0 Å². The maximum Gasteiger partial charge on any atom is 0.256 e. The topological polar surface area (TPSA) is 50.2 Å². The van der Waals surface area contributed by atoms with Gasteiger partial charge in [-0.3, -0.25) is 4.79 Å². The molecule has 3 aromatic rings. The molecule has 1 unspecified atom stereocenters. The monoisotopic (exact) mass is 392 g/mol. The average Bonchev–Trinajstić information content (AvgIpc) is 3.07. The quantitative estimate of drug-likeness (QED) is 0.707. The van der Waals surface area contributed by atoms with Crippen molar-refractivity contribution in [1.29, 1.82) is 0 Å². The molecule has 1 atom stereocenters. The molecule has 150 valence electrons. The van der Waals surface area contributed by atoms with E-state index in [2.05, 4.69) is 28.6 Å². The van der Waals surface area contributed by atoms with Crippen molar-refractivity contribution >= 4 is 17.4 Å². The summed E-state index contributed by atoms with van der Waals surface area (Å²) < 4.78 is 16.2. The number of aryl methyl sites for hydroxylation is 2. The number of halogens is 1. The highest BCUT2D eigenvalue weighted by Gasteiger charge is 2.25. The Balaban J connectivity index is 1.64. The molecule has 0 radical (unpaired) electrons. The highest BCUT2D eigenvalue weighted by molar-refractivity contribution is 6.04. The van der Waals surface area contributed by atoms with Crippen molar-refractivity contribution in [3.63, 3.8) is 0 Å². The van der Waals surface area contributed by atoms with Crippen molar-refractivity contribution in [3.05, 3.63) is 76.7 Å². The summed E-state index contributed by atoms with van der Waals surface area (Å²) in [4.78, 5) is 14.5. The van der Waals surface area contributed by atoms with Gasteiger partial charge in [0.25, 0.3) is 5.91 Å². The van der Waals surface area contributed by atoms with Crippen LogP contribution in [-0.4, -0.2) is 29.8 Å². The van der Waals surface area contributed by atoms with Crippen LogP contribution in [0.15, 0.2) is 48.7 Å². The number of fused-ring (bicyclic) bond motifs is 1. The number of benzene rings is 2. The first-order valence-corrected chi connectivity index (χ1v) is 9.86. The van der Waals surface area contributed by atoms with Gasteiger partial charge >= 0.3 is 0 Å². The van der Waals surface area contributed by atoms with Crippen LogP contribution in [0.5, 0.6) is 0 Å². The number of aromatic nitrogens is 2. The minimum Gasteiger partial charge on any atom is -0.375 e. The molecule has 1 heterocycles. The molecule has 0 aliphatic heterocycles. The normalized spacial score (nSPS) is 15.7. The van der Waals surface area contributed by atoms with Gasteiger partial charge in [-0.1, -0.05) is 24.3 Å². The van der Waals surface area contributed by atoms with E-state index in [4.69, 9.17) is 0 Å². The highest BCUT2D eigenvalue weighted by atomic mass is 19.1. The summed E-state index contributed by atoms with van der Waals surface area (Å²) in [6.07, 6.45) is 4.87. The first-order chi connectivity index (χ1) is 14.0. The van der Waals surface area contributed by atoms with Crippen LogP contribution >= 0.6 is 0 Å². The Morgan fingerprint density at radius 2 is 2.03 bits per heavy atom. The average molecular weight is 392 g/mol. The van der Waals surface area contributed by atoms with Crippen molar-refractivity contribution < 1.29 is 9.18 Å². The Hall–Kier alpha value is -3.15. The van der Waals surface area contributed by atoms with Crippen LogP contribution in [0.3, 0.4) is 0 Å². The molecule has 0 saturated carbocycles. The van der Waals surface area contributed by atoms with Crippen molar-refractivity contribution in [1.82, 2.24) is 9.78 Å². The third-order valence-corrected chi connectivity index (χ3v) is 5.54. The minimum absolute atomic E-state index is 0.0804. The molecule has 2 aromatic carbocycles. The molecule has 0 spiro atoms. The molecule has 1 N–H and O–H groups in total. The van der Waals surface area contributed by atoms with Crippen molar-refractivity contribution in [2.75, 3.05) is 24.3 Å². The summed E-state index contributed by atoms with van der Waals surface area (Å²) in [6, 6.07) is 13.0. The van der Waals surface area contributed by atoms with E-state index in [9.17, 15) is 9.18 Å². The van der Waals surface area contributed by atoms with Gasteiger partial charge in [-0.15, -0.1) is 0 Å². The zero-order valence-electron chi connectivity index (χ0n) is 16.9. The third-order valence-electron chi connectivity index (χ3n) is 5.54. The van der Waals surface area contributed by atoms with Crippen LogP contribution in [0.4, 0.5) is 15.9 Å². The van der Waals surface area contributed by atoms with Gasteiger partial charge in [0, 0.05) is 25.2 Å². The second kappa shape index (κ2) is 7.70. The fourth-order valence-electron chi connectivity index (χ4n) is 4.01. The van der Waals surface area contributed by atoms with Crippen molar-refractivity contribution in [3.8, 4) is 0 Å². The molecule has 0 bridgehead atoms. The fourth-order valence-corrected chi connectivity index (χ4v) is 4.01. The molecule has 1 aromatic heterocycles. The predicted molar refractivity (Wildman–Crippen MR) is 113 cm³/mol. The van der Waals surface area contributed by atoms with Crippen LogP contribution in [0, 0.1) is 12.7 Å². The highest BCUT2D eigenvalue weighted by Crippen LogP contribution is 2.35. The lowest BCUT2D eigenvalue weighted by molar-refractivity contribution is 0.102. The van der Waals surface area contributed by atoms with E-state index < -0.39 is 5.82 Å². The summed E-state index contributed by atoms with van der Waals surface area (Å²) in [6.45, 7) is 1.92. The molecule has 5 nitrogen and oxygen atoms in total. The molecule has 1 aliphatic carbocycles. The Labute approximate surface area is 170 Å². The Morgan fingerprint density at radius 3 is 2.79 bits per heavy atom. The molecule has 4 rings (SSSR count). The van der Waals surface area contributed by atoms with Crippen LogP contribution in [-0.2, 0) is 6.42 Å². The van der Waals surface area contributed by atoms with E-state index in [-0.39, 0.29) is 17.5 Å². The number of nitrogens with zero attached hydrogens (tertiary/aromatic N) is 3. The van der Waals surface area contributed by atoms with E-state index in [0.29, 0.717) is 11.5 Å². The summed E-state index contributed by atoms with van der Waals surface area (Å²) in [5.74, 6) is -0.106. The summed E-state index contributed by atoms with van der Waals surface area (Å²) in [5, 5.41) is 7.52. The number of rotatable bonds is 4. The van der Waals surface area contributed by atoms with E-state index >= 15 is 0 Å². The first kappa shape index (κ1) is 19.2. The van der Waals surface area contributed by atoms with Crippen LogP contribution < -0.4 is 10.2 Å². The zero-order valence-corrected chi connectivity index (χ0v) is 16.9. The number of hydrogen-bond acceptors (Lipinski definition) is 3.